The zero-order chi connectivity index (χ0) is 21.3. The third-order valence-electron chi connectivity index (χ3n) is 5.91. The van der Waals surface area contributed by atoms with Gasteiger partial charge in [0.2, 0.25) is 10.0 Å². The Labute approximate surface area is 177 Å². The number of rotatable bonds is 6. The van der Waals surface area contributed by atoms with Crippen LogP contribution in [-0.2, 0) is 10.0 Å². The number of aromatic nitrogens is 2. The van der Waals surface area contributed by atoms with E-state index in [1.165, 1.54) is 7.11 Å². The standard InChI is InChI=1S/C23H27N3O3S/c1-16(2)18-9-10-22(29-3)23(13-18)30(27,28)26-14-19(17-7-5-4-6-8-17)20(15-26)21-11-12-24-25-21/h4-13,16,19-20H,14-15H2,1-3H3,(H,24,25)/t19-,20+/m0/s1. The molecule has 1 aliphatic heterocycles. The van der Waals surface area contributed by atoms with Crippen molar-refractivity contribution in [1.82, 2.24) is 14.5 Å². The first kappa shape index (κ1) is 20.6. The van der Waals surface area contributed by atoms with Crippen LogP contribution in [0.25, 0.3) is 0 Å². The number of H-pyrrole nitrogens is 1. The Kier molecular flexibility index (Phi) is 5.66. The number of hydrogen-bond acceptors (Lipinski definition) is 4. The molecule has 0 saturated carbocycles. The maximum Gasteiger partial charge on any atom is 0.246 e. The Hall–Kier alpha value is -2.64. The minimum Gasteiger partial charge on any atom is -0.495 e. The summed E-state index contributed by atoms with van der Waals surface area (Å²) in [5, 5.41) is 7.13. The average Bonchev–Trinajstić information content (AvgIpc) is 3.44. The fourth-order valence-corrected chi connectivity index (χ4v) is 5.87. The molecule has 0 radical (unpaired) electrons. The van der Waals surface area contributed by atoms with Gasteiger partial charge in [0.25, 0.3) is 0 Å². The maximum atomic E-state index is 13.7. The molecule has 1 aliphatic rings. The van der Waals surface area contributed by atoms with Gasteiger partial charge in [-0.25, -0.2) is 8.42 Å². The number of nitrogens with one attached hydrogen (secondary N) is 1. The van der Waals surface area contributed by atoms with Crippen LogP contribution < -0.4 is 4.74 Å². The van der Waals surface area contributed by atoms with Crippen molar-refractivity contribution in [1.29, 1.82) is 0 Å². The van der Waals surface area contributed by atoms with Crippen molar-refractivity contribution in [2.24, 2.45) is 0 Å². The second-order valence-electron chi connectivity index (χ2n) is 8.02. The molecule has 2 heterocycles. The van der Waals surface area contributed by atoms with Gasteiger partial charge in [-0.3, -0.25) is 5.10 Å². The highest BCUT2D eigenvalue weighted by molar-refractivity contribution is 7.89. The number of sulfonamides is 1. The fourth-order valence-electron chi connectivity index (χ4n) is 4.18. The normalized spacial score (nSPS) is 20.0. The highest BCUT2D eigenvalue weighted by Gasteiger charge is 2.42. The first-order chi connectivity index (χ1) is 14.4. The van der Waals surface area contributed by atoms with E-state index in [1.54, 1.807) is 22.6 Å². The van der Waals surface area contributed by atoms with Gasteiger partial charge in [-0.1, -0.05) is 50.2 Å². The zero-order valence-corrected chi connectivity index (χ0v) is 18.3. The van der Waals surface area contributed by atoms with Gasteiger partial charge in [-0.15, -0.1) is 0 Å². The van der Waals surface area contributed by atoms with Gasteiger partial charge in [0.1, 0.15) is 10.6 Å². The highest BCUT2D eigenvalue weighted by atomic mass is 32.2. The maximum absolute atomic E-state index is 13.7. The number of hydrogen-bond donors (Lipinski definition) is 1. The van der Waals surface area contributed by atoms with Crippen LogP contribution in [0.4, 0.5) is 0 Å². The minimum absolute atomic E-state index is 0.00366. The van der Waals surface area contributed by atoms with Gasteiger partial charge in [-0.05, 0) is 35.2 Å². The molecule has 7 heteroatoms. The molecule has 0 amide bonds. The number of benzene rings is 2. The number of aromatic amines is 1. The van der Waals surface area contributed by atoms with Crippen molar-refractivity contribution in [2.75, 3.05) is 20.2 Å². The Morgan fingerprint density at radius 2 is 1.80 bits per heavy atom. The lowest BCUT2D eigenvalue weighted by Gasteiger charge is -2.20. The van der Waals surface area contributed by atoms with Gasteiger partial charge in [0.15, 0.2) is 0 Å². The quantitative estimate of drug-likeness (QED) is 0.645. The summed E-state index contributed by atoms with van der Waals surface area (Å²) >= 11 is 0. The van der Waals surface area contributed by atoms with E-state index in [9.17, 15) is 8.42 Å². The van der Waals surface area contributed by atoms with Crippen molar-refractivity contribution in [2.45, 2.75) is 36.5 Å². The topological polar surface area (TPSA) is 75.3 Å². The predicted molar refractivity (Wildman–Crippen MR) is 116 cm³/mol. The third kappa shape index (κ3) is 3.75. The number of methoxy groups -OCH3 is 1. The minimum atomic E-state index is -3.73. The summed E-state index contributed by atoms with van der Waals surface area (Å²) in [5.74, 6) is 0.642. The first-order valence-electron chi connectivity index (χ1n) is 10.1. The van der Waals surface area contributed by atoms with E-state index in [0.29, 0.717) is 18.8 Å². The molecule has 0 unspecified atom stereocenters. The highest BCUT2D eigenvalue weighted by Crippen LogP contribution is 2.42. The van der Waals surface area contributed by atoms with Crippen molar-refractivity contribution in [3.05, 3.63) is 77.6 Å². The second-order valence-corrected chi connectivity index (χ2v) is 9.93. The Morgan fingerprint density at radius 1 is 1.07 bits per heavy atom. The number of nitrogens with zero attached hydrogens (tertiary/aromatic N) is 2. The Bertz CT molecular complexity index is 1100. The molecule has 6 nitrogen and oxygen atoms in total. The smallest absolute Gasteiger partial charge is 0.246 e. The van der Waals surface area contributed by atoms with E-state index in [1.807, 2.05) is 44.2 Å². The summed E-state index contributed by atoms with van der Waals surface area (Å²) in [6.45, 7) is 4.89. The van der Waals surface area contributed by atoms with Crippen LogP contribution in [0.5, 0.6) is 5.75 Å². The molecule has 1 aromatic heterocycles. The molecule has 158 valence electrons. The summed E-state index contributed by atoms with van der Waals surface area (Å²) in [6, 6.07) is 17.4. The Morgan fingerprint density at radius 3 is 2.43 bits per heavy atom. The molecule has 2 atom stereocenters. The molecule has 0 spiro atoms. The van der Waals surface area contributed by atoms with E-state index in [-0.39, 0.29) is 22.6 Å². The van der Waals surface area contributed by atoms with Crippen LogP contribution >= 0.6 is 0 Å². The fraction of sp³-hybridized carbons (Fsp3) is 0.348. The summed E-state index contributed by atoms with van der Waals surface area (Å²) in [5.41, 5.74) is 3.04. The predicted octanol–water partition coefficient (Wildman–Crippen LogP) is 4.11. The molecule has 3 aromatic rings. The van der Waals surface area contributed by atoms with E-state index in [0.717, 1.165) is 16.8 Å². The van der Waals surface area contributed by atoms with Gasteiger partial charge in [-0.2, -0.15) is 9.40 Å². The summed E-state index contributed by atoms with van der Waals surface area (Å²) in [7, 11) is -2.22. The van der Waals surface area contributed by atoms with Crippen molar-refractivity contribution < 1.29 is 13.2 Å². The van der Waals surface area contributed by atoms with Crippen LogP contribution in [0.3, 0.4) is 0 Å². The molecule has 4 rings (SSSR count). The zero-order valence-electron chi connectivity index (χ0n) is 17.4. The number of ether oxygens (including phenoxy) is 1. The summed E-state index contributed by atoms with van der Waals surface area (Å²) in [4.78, 5) is 0.230. The second kappa shape index (κ2) is 8.24. The van der Waals surface area contributed by atoms with Gasteiger partial charge in [0, 0.05) is 36.8 Å². The molecule has 1 N–H and O–H groups in total. The molecule has 0 bridgehead atoms. The third-order valence-corrected chi connectivity index (χ3v) is 7.76. The van der Waals surface area contributed by atoms with Crippen LogP contribution in [0.1, 0.15) is 48.4 Å². The van der Waals surface area contributed by atoms with E-state index >= 15 is 0 Å². The molecule has 2 aromatic carbocycles. The molecular weight excluding hydrogens is 398 g/mol. The lowest BCUT2D eigenvalue weighted by molar-refractivity contribution is 0.397. The summed E-state index contributed by atoms with van der Waals surface area (Å²) < 4.78 is 34.4. The Balaban J connectivity index is 1.74. The SMILES string of the molecule is COc1ccc(C(C)C)cc1S(=O)(=O)N1C[C@@H](c2ccccc2)[C@H](c2ccn[nH]2)C1. The van der Waals surface area contributed by atoms with E-state index < -0.39 is 10.0 Å². The van der Waals surface area contributed by atoms with Crippen LogP contribution in [0.2, 0.25) is 0 Å². The largest absolute Gasteiger partial charge is 0.495 e. The molecule has 1 saturated heterocycles. The lowest BCUT2D eigenvalue weighted by Crippen LogP contribution is -2.29. The van der Waals surface area contributed by atoms with Crippen molar-refractivity contribution >= 4 is 10.0 Å². The van der Waals surface area contributed by atoms with Crippen LogP contribution in [0.15, 0.2) is 65.7 Å². The van der Waals surface area contributed by atoms with Gasteiger partial charge in [0.05, 0.1) is 7.11 Å². The van der Waals surface area contributed by atoms with Crippen molar-refractivity contribution in [3.8, 4) is 5.75 Å². The monoisotopic (exact) mass is 425 g/mol. The molecule has 30 heavy (non-hydrogen) atoms. The molecule has 0 aliphatic carbocycles. The molecular formula is C23H27N3O3S. The van der Waals surface area contributed by atoms with Crippen molar-refractivity contribution in [3.63, 3.8) is 0 Å². The summed E-state index contributed by atoms with van der Waals surface area (Å²) in [6.07, 6.45) is 1.71. The first-order valence-corrected chi connectivity index (χ1v) is 11.6. The average molecular weight is 426 g/mol. The van der Waals surface area contributed by atoms with E-state index in [4.69, 9.17) is 4.74 Å². The van der Waals surface area contributed by atoms with Crippen LogP contribution in [0, 0.1) is 0 Å². The van der Waals surface area contributed by atoms with Gasteiger partial charge >= 0.3 is 0 Å². The lowest BCUT2D eigenvalue weighted by atomic mass is 9.87. The van der Waals surface area contributed by atoms with E-state index in [2.05, 4.69) is 22.3 Å². The van der Waals surface area contributed by atoms with Gasteiger partial charge < -0.3 is 4.74 Å². The van der Waals surface area contributed by atoms with Crippen LogP contribution in [-0.4, -0.2) is 43.1 Å². The molecule has 1 fully saturated rings.